The molecule has 42 heavy (non-hydrogen) atoms. The summed E-state index contributed by atoms with van der Waals surface area (Å²) in [5.74, 6) is -0.782. The third-order valence-corrected chi connectivity index (χ3v) is 9.00. The first-order valence-corrected chi connectivity index (χ1v) is 16.0. The predicted octanol–water partition coefficient (Wildman–Crippen LogP) is 5.81. The Hall–Kier alpha value is -3.95. The summed E-state index contributed by atoms with van der Waals surface area (Å²) in [6, 6.07) is 32.9. The second-order valence-corrected chi connectivity index (χ2v) is 12.6. The van der Waals surface area contributed by atoms with Crippen molar-refractivity contribution in [1.82, 2.24) is 10.2 Å². The van der Waals surface area contributed by atoms with E-state index in [1.165, 1.54) is 17.0 Å². The van der Waals surface area contributed by atoms with Crippen molar-refractivity contribution >= 4 is 43.5 Å². The molecule has 0 aromatic heterocycles. The molecule has 0 aliphatic rings. The normalized spacial score (nSPS) is 11.9. The van der Waals surface area contributed by atoms with Gasteiger partial charge in [-0.2, -0.15) is 0 Å². The van der Waals surface area contributed by atoms with Crippen molar-refractivity contribution in [2.45, 2.75) is 37.2 Å². The summed E-state index contributed by atoms with van der Waals surface area (Å²) >= 11 is 3.43. The average molecular weight is 649 g/mol. The van der Waals surface area contributed by atoms with Crippen LogP contribution in [0.15, 0.2) is 125 Å². The fourth-order valence-corrected chi connectivity index (χ4v) is 6.39. The van der Waals surface area contributed by atoms with Crippen LogP contribution in [0.1, 0.15) is 24.5 Å². The van der Waals surface area contributed by atoms with Gasteiger partial charge >= 0.3 is 0 Å². The molecule has 4 aromatic carbocycles. The van der Waals surface area contributed by atoms with Crippen molar-refractivity contribution in [3.8, 4) is 0 Å². The van der Waals surface area contributed by atoms with Gasteiger partial charge in [0.15, 0.2) is 0 Å². The highest BCUT2D eigenvalue weighted by Crippen LogP contribution is 2.27. The van der Waals surface area contributed by atoms with E-state index in [0.717, 1.165) is 21.9 Å². The standard InChI is InChI=1S/C33H34BrN3O4S/c1-2-21-35-33(39)31(22-26-13-6-3-7-14-26)36(24-27-15-8-4-9-16-27)32(38)25-37(29-18-12-17-28(34)23-29)42(40,41)30-19-10-5-11-20-30/h3-20,23,31H,2,21-22,24-25H2,1H3,(H,35,39)/t31-/m0/s1. The molecule has 0 spiro atoms. The maximum Gasteiger partial charge on any atom is 0.264 e. The highest BCUT2D eigenvalue weighted by molar-refractivity contribution is 9.10. The summed E-state index contributed by atoms with van der Waals surface area (Å²) < 4.78 is 29.7. The fourth-order valence-electron chi connectivity index (χ4n) is 4.58. The molecule has 4 rings (SSSR count). The number of rotatable bonds is 13. The van der Waals surface area contributed by atoms with E-state index in [-0.39, 0.29) is 23.8 Å². The topological polar surface area (TPSA) is 86.8 Å². The van der Waals surface area contributed by atoms with Gasteiger partial charge in [0.25, 0.3) is 10.0 Å². The van der Waals surface area contributed by atoms with Gasteiger partial charge in [-0.3, -0.25) is 13.9 Å². The van der Waals surface area contributed by atoms with Gasteiger partial charge in [0.2, 0.25) is 11.8 Å². The first kappa shape index (κ1) is 31.0. The zero-order valence-electron chi connectivity index (χ0n) is 23.4. The second-order valence-electron chi connectivity index (χ2n) is 9.81. The molecule has 0 fully saturated rings. The second kappa shape index (κ2) is 14.8. The molecule has 4 aromatic rings. The summed E-state index contributed by atoms with van der Waals surface area (Å²) in [5.41, 5.74) is 2.05. The number of carbonyl (C=O) groups is 2. The Morgan fingerprint density at radius 3 is 2.00 bits per heavy atom. The third kappa shape index (κ3) is 8.08. The number of sulfonamides is 1. The molecule has 7 nitrogen and oxygen atoms in total. The van der Waals surface area contributed by atoms with Gasteiger partial charge in [0.1, 0.15) is 12.6 Å². The van der Waals surface area contributed by atoms with Crippen molar-refractivity contribution in [2.75, 3.05) is 17.4 Å². The molecule has 9 heteroatoms. The van der Waals surface area contributed by atoms with E-state index in [1.54, 1.807) is 42.5 Å². The largest absolute Gasteiger partial charge is 0.354 e. The number of amides is 2. The molecule has 218 valence electrons. The molecule has 2 amide bonds. The van der Waals surface area contributed by atoms with Crippen LogP contribution < -0.4 is 9.62 Å². The van der Waals surface area contributed by atoms with Crippen LogP contribution in [0.4, 0.5) is 5.69 Å². The van der Waals surface area contributed by atoms with E-state index in [0.29, 0.717) is 16.7 Å². The van der Waals surface area contributed by atoms with Crippen LogP contribution in [0.3, 0.4) is 0 Å². The van der Waals surface area contributed by atoms with Crippen LogP contribution in [0.25, 0.3) is 0 Å². The maximum atomic E-state index is 14.3. The highest BCUT2D eigenvalue weighted by atomic mass is 79.9. The Morgan fingerprint density at radius 2 is 1.40 bits per heavy atom. The first-order chi connectivity index (χ1) is 20.3. The third-order valence-electron chi connectivity index (χ3n) is 6.72. The zero-order valence-corrected chi connectivity index (χ0v) is 25.8. The van der Waals surface area contributed by atoms with Crippen LogP contribution in [0.5, 0.6) is 0 Å². The Morgan fingerprint density at radius 1 is 0.810 bits per heavy atom. The minimum absolute atomic E-state index is 0.0638. The molecule has 0 heterocycles. The van der Waals surface area contributed by atoms with E-state index in [2.05, 4.69) is 21.2 Å². The smallest absolute Gasteiger partial charge is 0.264 e. The Balaban J connectivity index is 1.77. The number of nitrogens with zero attached hydrogens (tertiary/aromatic N) is 2. The van der Waals surface area contributed by atoms with E-state index in [9.17, 15) is 18.0 Å². The van der Waals surface area contributed by atoms with Crippen molar-refractivity contribution in [3.05, 3.63) is 131 Å². The number of hydrogen-bond acceptors (Lipinski definition) is 4. The van der Waals surface area contributed by atoms with E-state index >= 15 is 0 Å². The maximum absolute atomic E-state index is 14.3. The fraction of sp³-hybridized carbons (Fsp3) is 0.212. The van der Waals surface area contributed by atoms with Gasteiger partial charge in [-0.25, -0.2) is 8.42 Å². The SMILES string of the molecule is CCCNC(=O)[C@H](Cc1ccccc1)N(Cc1ccccc1)C(=O)CN(c1cccc(Br)c1)S(=O)(=O)c1ccccc1. The van der Waals surface area contributed by atoms with Crippen molar-refractivity contribution < 1.29 is 18.0 Å². The Kier molecular flexibility index (Phi) is 10.9. The van der Waals surface area contributed by atoms with Gasteiger partial charge in [0.05, 0.1) is 10.6 Å². The quantitative estimate of drug-likeness (QED) is 0.198. The lowest BCUT2D eigenvalue weighted by atomic mass is 10.0. The summed E-state index contributed by atoms with van der Waals surface area (Å²) in [7, 11) is -4.13. The van der Waals surface area contributed by atoms with Crippen molar-refractivity contribution in [2.24, 2.45) is 0 Å². The molecule has 1 N–H and O–H groups in total. The lowest BCUT2D eigenvalue weighted by Crippen LogP contribution is -2.53. The van der Waals surface area contributed by atoms with Crippen LogP contribution in [-0.2, 0) is 32.6 Å². The van der Waals surface area contributed by atoms with Crippen molar-refractivity contribution in [3.63, 3.8) is 0 Å². The lowest BCUT2D eigenvalue weighted by molar-refractivity contribution is -0.140. The van der Waals surface area contributed by atoms with E-state index < -0.39 is 28.5 Å². The average Bonchev–Trinajstić information content (AvgIpc) is 3.01. The molecule has 0 aliphatic heterocycles. The number of carbonyl (C=O) groups excluding carboxylic acids is 2. The minimum Gasteiger partial charge on any atom is -0.354 e. The molecule has 0 aliphatic carbocycles. The first-order valence-electron chi connectivity index (χ1n) is 13.8. The zero-order chi connectivity index (χ0) is 30.0. The molecule has 1 atom stereocenters. The number of anilines is 1. The predicted molar refractivity (Wildman–Crippen MR) is 169 cm³/mol. The van der Waals surface area contributed by atoms with Crippen LogP contribution in [-0.4, -0.2) is 44.3 Å². The van der Waals surface area contributed by atoms with Gasteiger partial charge in [-0.05, 0) is 47.9 Å². The molecule has 0 unspecified atom stereocenters. The monoisotopic (exact) mass is 647 g/mol. The molecular formula is C33H34BrN3O4S. The summed E-state index contributed by atoms with van der Waals surface area (Å²) in [4.78, 5) is 29.5. The molecule has 0 radical (unpaired) electrons. The molecule has 0 bridgehead atoms. The molecular weight excluding hydrogens is 614 g/mol. The van der Waals surface area contributed by atoms with Gasteiger partial charge in [0, 0.05) is 24.0 Å². The Bertz CT molecular complexity index is 1570. The lowest BCUT2D eigenvalue weighted by Gasteiger charge is -2.34. The summed E-state index contributed by atoms with van der Waals surface area (Å²) in [5, 5.41) is 2.95. The summed E-state index contributed by atoms with van der Waals surface area (Å²) in [6.07, 6.45) is 1.01. The van der Waals surface area contributed by atoms with Crippen molar-refractivity contribution in [1.29, 1.82) is 0 Å². The van der Waals surface area contributed by atoms with E-state index in [4.69, 9.17) is 0 Å². The minimum atomic E-state index is -4.13. The number of halogens is 1. The number of benzene rings is 4. The molecule has 0 saturated heterocycles. The van der Waals surface area contributed by atoms with Crippen LogP contribution in [0.2, 0.25) is 0 Å². The number of hydrogen-bond donors (Lipinski definition) is 1. The van der Waals surface area contributed by atoms with E-state index in [1.807, 2.05) is 67.6 Å². The Labute approximate surface area is 256 Å². The molecule has 0 saturated carbocycles. The van der Waals surface area contributed by atoms with Crippen LogP contribution in [0, 0.1) is 0 Å². The number of nitrogens with one attached hydrogen (secondary N) is 1. The van der Waals surface area contributed by atoms with Gasteiger partial charge in [-0.1, -0.05) is 108 Å². The highest BCUT2D eigenvalue weighted by Gasteiger charge is 2.34. The van der Waals surface area contributed by atoms with Crippen LogP contribution >= 0.6 is 15.9 Å². The van der Waals surface area contributed by atoms with Gasteiger partial charge in [-0.15, -0.1) is 0 Å². The summed E-state index contributed by atoms with van der Waals surface area (Å²) in [6.45, 7) is 2.06. The van der Waals surface area contributed by atoms with Gasteiger partial charge < -0.3 is 10.2 Å².